The number of rotatable bonds is 3. The normalized spacial score (nSPS) is 31.6. The summed E-state index contributed by atoms with van der Waals surface area (Å²) in [5, 5.41) is 3.56. The van der Waals surface area contributed by atoms with Gasteiger partial charge in [-0.25, -0.2) is 0 Å². The minimum Gasteiger partial charge on any atom is -0.374 e. The van der Waals surface area contributed by atoms with E-state index in [0.29, 0.717) is 6.10 Å². The summed E-state index contributed by atoms with van der Waals surface area (Å²) in [6.45, 7) is 4.10. The monoisotopic (exact) mass is 184 g/mol. The minimum absolute atomic E-state index is 0.416. The smallest absolute Gasteiger partial charge is 0.0826 e. The summed E-state index contributed by atoms with van der Waals surface area (Å²) in [7, 11) is 2.17. The molecule has 0 aromatic carbocycles. The molecule has 3 nitrogen and oxygen atoms in total. The largest absolute Gasteiger partial charge is 0.374 e. The summed E-state index contributed by atoms with van der Waals surface area (Å²) >= 11 is 0. The molecule has 1 atom stereocenters. The number of hydrogen-bond acceptors (Lipinski definition) is 3. The molecule has 1 unspecified atom stereocenters. The standard InChI is InChI=1S/C10H20N2O/c1-12-5-6-13-10(8-12)7-11-9-3-2-4-9/h9-11H,2-8H2,1H3. The van der Waals surface area contributed by atoms with Gasteiger partial charge in [-0.15, -0.1) is 0 Å². The second-order valence-electron chi connectivity index (χ2n) is 4.29. The maximum absolute atomic E-state index is 5.66. The van der Waals surface area contributed by atoms with Crippen molar-refractivity contribution < 1.29 is 4.74 Å². The number of hydrogen-bond donors (Lipinski definition) is 1. The van der Waals surface area contributed by atoms with Gasteiger partial charge in [0.05, 0.1) is 12.7 Å². The van der Waals surface area contributed by atoms with E-state index in [9.17, 15) is 0 Å². The minimum atomic E-state index is 0.416. The highest BCUT2D eigenvalue weighted by Crippen LogP contribution is 2.18. The highest BCUT2D eigenvalue weighted by atomic mass is 16.5. The predicted octanol–water partition coefficient (Wildman–Crippen LogP) is 0.459. The van der Waals surface area contributed by atoms with Crippen molar-refractivity contribution in [1.82, 2.24) is 10.2 Å². The third-order valence-corrected chi connectivity index (χ3v) is 3.08. The van der Waals surface area contributed by atoms with Crippen LogP contribution in [-0.2, 0) is 4.74 Å². The zero-order valence-electron chi connectivity index (χ0n) is 8.46. The van der Waals surface area contributed by atoms with Crippen LogP contribution in [0.15, 0.2) is 0 Å². The van der Waals surface area contributed by atoms with Gasteiger partial charge in [0.25, 0.3) is 0 Å². The quantitative estimate of drug-likeness (QED) is 0.689. The maximum atomic E-state index is 5.66. The van der Waals surface area contributed by atoms with Crippen LogP contribution in [0.1, 0.15) is 19.3 Å². The molecule has 1 N–H and O–H groups in total. The van der Waals surface area contributed by atoms with Crippen molar-refractivity contribution in [3.05, 3.63) is 0 Å². The van der Waals surface area contributed by atoms with Gasteiger partial charge in [0.1, 0.15) is 0 Å². The summed E-state index contributed by atoms with van der Waals surface area (Å²) in [5.74, 6) is 0. The highest BCUT2D eigenvalue weighted by molar-refractivity contribution is 4.79. The van der Waals surface area contributed by atoms with E-state index in [1.807, 2.05) is 0 Å². The molecule has 2 rings (SSSR count). The third-order valence-electron chi connectivity index (χ3n) is 3.08. The molecule has 1 saturated carbocycles. The lowest BCUT2D eigenvalue weighted by Crippen LogP contribution is -2.48. The van der Waals surface area contributed by atoms with Crippen LogP contribution in [0, 0.1) is 0 Å². The second kappa shape index (κ2) is 4.40. The second-order valence-corrected chi connectivity index (χ2v) is 4.29. The number of nitrogens with one attached hydrogen (secondary N) is 1. The van der Waals surface area contributed by atoms with Gasteiger partial charge in [0, 0.05) is 25.7 Å². The van der Waals surface area contributed by atoms with Crippen LogP contribution in [-0.4, -0.2) is 50.3 Å². The van der Waals surface area contributed by atoms with E-state index in [4.69, 9.17) is 4.74 Å². The van der Waals surface area contributed by atoms with Gasteiger partial charge in [-0.2, -0.15) is 0 Å². The Balaban J connectivity index is 1.62. The molecule has 1 saturated heterocycles. The maximum Gasteiger partial charge on any atom is 0.0826 e. The Morgan fingerprint density at radius 1 is 1.46 bits per heavy atom. The van der Waals surface area contributed by atoms with E-state index < -0.39 is 0 Å². The number of ether oxygens (including phenoxy) is 1. The molecular formula is C10H20N2O. The zero-order valence-corrected chi connectivity index (χ0v) is 8.46. The Labute approximate surface area is 80.4 Å². The van der Waals surface area contributed by atoms with E-state index >= 15 is 0 Å². The van der Waals surface area contributed by atoms with E-state index in [1.54, 1.807) is 0 Å². The molecule has 1 heterocycles. The molecule has 13 heavy (non-hydrogen) atoms. The van der Waals surface area contributed by atoms with Crippen LogP contribution >= 0.6 is 0 Å². The summed E-state index contributed by atoms with van der Waals surface area (Å²) in [5.41, 5.74) is 0. The van der Waals surface area contributed by atoms with Crippen molar-refractivity contribution in [2.75, 3.05) is 33.3 Å². The first-order valence-corrected chi connectivity index (χ1v) is 5.38. The van der Waals surface area contributed by atoms with Crippen molar-refractivity contribution in [3.63, 3.8) is 0 Å². The molecule has 1 aliphatic heterocycles. The molecule has 1 aliphatic carbocycles. The molecular weight excluding hydrogens is 164 g/mol. The number of nitrogens with zero attached hydrogens (tertiary/aromatic N) is 1. The molecule has 3 heteroatoms. The van der Waals surface area contributed by atoms with Crippen LogP contribution in [0.25, 0.3) is 0 Å². The lowest BCUT2D eigenvalue weighted by molar-refractivity contribution is -0.0203. The van der Waals surface area contributed by atoms with Crippen molar-refractivity contribution in [3.8, 4) is 0 Å². The lowest BCUT2D eigenvalue weighted by atomic mass is 9.93. The molecule has 2 aliphatic rings. The van der Waals surface area contributed by atoms with Crippen LogP contribution in [0.2, 0.25) is 0 Å². The number of morpholine rings is 1. The third kappa shape index (κ3) is 2.66. The fourth-order valence-corrected chi connectivity index (χ4v) is 1.90. The average Bonchev–Trinajstić information content (AvgIpc) is 2.01. The van der Waals surface area contributed by atoms with Gasteiger partial charge < -0.3 is 15.0 Å². The molecule has 0 spiro atoms. The fraction of sp³-hybridized carbons (Fsp3) is 1.00. The summed E-state index contributed by atoms with van der Waals surface area (Å²) in [6.07, 6.45) is 4.55. The predicted molar refractivity (Wildman–Crippen MR) is 52.9 cm³/mol. The van der Waals surface area contributed by atoms with Crippen LogP contribution < -0.4 is 5.32 Å². The Bertz CT molecular complexity index is 159. The van der Waals surface area contributed by atoms with Crippen LogP contribution in [0.4, 0.5) is 0 Å². The first-order valence-electron chi connectivity index (χ1n) is 5.38. The van der Waals surface area contributed by atoms with E-state index in [2.05, 4.69) is 17.3 Å². The van der Waals surface area contributed by atoms with Gasteiger partial charge in [-0.05, 0) is 19.9 Å². The van der Waals surface area contributed by atoms with Gasteiger partial charge in [0.2, 0.25) is 0 Å². The molecule has 2 fully saturated rings. The molecule has 0 bridgehead atoms. The molecule has 0 aromatic heterocycles. The van der Waals surface area contributed by atoms with Gasteiger partial charge in [-0.1, -0.05) is 6.42 Å². The Morgan fingerprint density at radius 3 is 2.92 bits per heavy atom. The summed E-state index contributed by atoms with van der Waals surface area (Å²) in [4.78, 5) is 2.34. The van der Waals surface area contributed by atoms with Gasteiger partial charge >= 0.3 is 0 Å². The summed E-state index contributed by atoms with van der Waals surface area (Å²) < 4.78 is 5.66. The van der Waals surface area contributed by atoms with Gasteiger partial charge in [-0.3, -0.25) is 0 Å². The zero-order chi connectivity index (χ0) is 9.10. The highest BCUT2D eigenvalue weighted by Gasteiger charge is 2.21. The fourth-order valence-electron chi connectivity index (χ4n) is 1.90. The Hall–Kier alpha value is -0.120. The molecule has 0 aromatic rings. The SMILES string of the molecule is CN1CCOC(CNC2CCC2)C1. The first-order chi connectivity index (χ1) is 6.34. The van der Waals surface area contributed by atoms with E-state index in [0.717, 1.165) is 32.3 Å². The lowest BCUT2D eigenvalue weighted by Gasteiger charge is -2.33. The van der Waals surface area contributed by atoms with Crippen molar-refractivity contribution in [2.45, 2.75) is 31.4 Å². The van der Waals surface area contributed by atoms with E-state index in [1.165, 1.54) is 19.3 Å². The van der Waals surface area contributed by atoms with Crippen molar-refractivity contribution in [2.24, 2.45) is 0 Å². The number of likely N-dealkylation sites (N-methyl/N-ethyl adjacent to an activating group) is 1. The van der Waals surface area contributed by atoms with Gasteiger partial charge in [0.15, 0.2) is 0 Å². The summed E-state index contributed by atoms with van der Waals surface area (Å²) in [6, 6.07) is 0.788. The van der Waals surface area contributed by atoms with Crippen LogP contribution in [0.5, 0.6) is 0 Å². The topological polar surface area (TPSA) is 24.5 Å². The molecule has 0 amide bonds. The van der Waals surface area contributed by atoms with Crippen LogP contribution in [0.3, 0.4) is 0 Å². The van der Waals surface area contributed by atoms with Crippen molar-refractivity contribution >= 4 is 0 Å². The molecule has 76 valence electrons. The van der Waals surface area contributed by atoms with E-state index in [-0.39, 0.29) is 0 Å². The average molecular weight is 184 g/mol. The van der Waals surface area contributed by atoms with Crippen molar-refractivity contribution in [1.29, 1.82) is 0 Å². The molecule has 0 radical (unpaired) electrons. The first kappa shape index (κ1) is 9.44. The Morgan fingerprint density at radius 2 is 2.31 bits per heavy atom. The Kier molecular flexibility index (Phi) is 3.19.